The van der Waals surface area contributed by atoms with Gasteiger partial charge in [-0.3, -0.25) is 9.59 Å². The van der Waals surface area contributed by atoms with Crippen LogP contribution >= 0.6 is 69.6 Å². The maximum Gasteiger partial charge on any atom is 0.224 e. The summed E-state index contributed by atoms with van der Waals surface area (Å²) < 4.78 is 50.2. The molecule has 4 aromatic carbocycles. The number of fused-ring (bicyclic) bond motifs is 6. The Morgan fingerprint density at radius 3 is 1.06 bits per heavy atom. The smallest absolute Gasteiger partial charge is 0.224 e. The zero-order valence-electron chi connectivity index (χ0n) is 71.6. The number of hydrogen-bond donors (Lipinski definition) is 6. The van der Waals surface area contributed by atoms with Crippen LogP contribution in [0.15, 0.2) is 162 Å². The summed E-state index contributed by atoms with van der Waals surface area (Å²) in [6.07, 6.45) is 43.6. The van der Waals surface area contributed by atoms with Gasteiger partial charge in [0.1, 0.15) is 32.9 Å². The molecular weight excluding hydrogens is 1750 g/mol. The Morgan fingerprint density at radius 2 is 0.659 bits per heavy atom. The number of pyridine rings is 3. The van der Waals surface area contributed by atoms with Gasteiger partial charge in [-0.25, -0.2) is 51.7 Å². The van der Waals surface area contributed by atoms with E-state index in [-0.39, 0.29) is 27.0 Å². The Balaban J connectivity index is 0.000000130. The van der Waals surface area contributed by atoms with Crippen molar-refractivity contribution in [3.05, 3.63) is 262 Å². The second-order valence-electron chi connectivity index (χ2n) is 33.1. The van der Waals surface area contributed by atoms with E-state index in [1.807, 2.05) is 111 Å². The van der Waals surface area contributed by atoms with Crippen molar-refractivity contribution < 1.29 is 26.4 Å². The van der Waals surface area contributed by atoms with E-state index in [1.165, 1.54) is 75.5 Å². The van der Waals surface area contributed by atoms with E-state index in [1.54, 1.807) is 82.3 Å². The van der Waals surface area contributed by atoms with Crippen molar-refractivity contribution >= 4 is 195 Å². The van der Waals surface area contributed by atoms with Gasteiger partial charge in [-0.05, 0) is 191 Å². The Kier molecular flexibility index (Phi) is 31.9. The Bertz CT molecular complexity index is 5720. The van der Waals surface area contributed by atoms with Crippen LogP contribution in [-0.2, 0) is 58.2 Å². The van der Waals surface area contributed by atoms with E-state index < -0.39 is 30.2 Å². The van der Waals surface area contributed by atoms with Crippen LogP contribution < -0.4 is 31.9 Å². The van der Waals surface area contributed by atoms with Crippen molar-refractivity contribution in [2.24, 2.45) is 11.8 Å². The monoisotopic (exact) mass is 1850 g/mol. The summed E-state index contributed by atoms with van der Waals surface area (Å²) >= 11 is 36.1. The van der Waals surface area contributed by atoms with Gasteiger partial charge >= 0.3 is 0 Å². The maximum absolute atomic E-state index is 12.6. The number of allylic oxidation sites excluding steroid dienone is 6. The van der Waals surface area contributed by atoms with Crippen LogP contribution in [0.4, 0.5) is 57.3 Å². The number of Topliss-reactive ketones (excluding diaryl/α,β-unsaturated/α-hetero) is 2. The van der Waals surface area contributed by atoms with E-state index in [9.17, 15) is 26.4 Å². The molecule has 8 aliphatic carbocycles. The van der Waals surface area contributed by atoms with Crippen molar-refractivity contribution in [2.45, 2.75) is 203 Å². The predicted octanol–water partition coefficient (Wildman–Crippen LogP) is 25.3. The third kappa shape index (κ3) is 24.4. The van der Waals surface area contributed by atoms with Gasteiger partial charge in [0, 0.05) is 125 Å². The fourth-order valence-corrected chi connectivity index (χ4v) is 19.2. The minimum absolute atomic E-state index is 0.138. The number of carbonyl (C=O) groups is 2. The number of aromatic nitrogens is 9. The number of sulfone groups is 2. The van der Waals surface area contributed by atoms with Gasteiger partial charge < -0.3 is 31.9 Å². The number of hydrogen-bond acceptors (Lipinski definition) is 21. The zero-order chi connectivity index (χ0) is 89.3. The van der Waals surface area contributed by atoms with E-state index in [2.05, 4.69) is 127 Å². The lowest BCUT2D eigenvalue weighted by molar-refractivity contribution is 0.0959. The van der Waals surface area contributed by atoms with Gasteiger partial charge in [0.2, 0.25) is 15.9 Å². The first-order valence-corrected chi connectivity index (χ1v) is 48.2. The first-order valence-electron chi connectivity index (χ1n) is 42.8. The molecule has 656 valence electrons. The molecule has 2 fully saturated rings. The summed E-state index contributed by atoms with van der Waals surface area (Å²) in [5.41, 5.74) is 19.2. The molecule has 6 N–H and O–H groups in total. The summed E-state index contributed by atoms with van der Waals surface area (Å²) in [6.45, 7) is 14.9. The van der Waals surface area contributed by atoms with E-state index in [0.717, 1.165) is 134 Å². The van der Waals surface area contributed by atoms with Crippen LogP contribution in [0.3, 0.4) is 0 Å². The molecule has 0 aliphatic heterocycles. The number of carbonyl (C=O) groups excluding carboxylic acids is 2. The molecule has 18 rings (SSSR count). The van der Waals surface area contributed by atoms with E-state index >= 15 is 0 Å². The molecule has 2 saturated carbocycles. The summed E-state index contributed by atoms with van der Waals surface area (Å²) in [6, 6.07) is 35.4. The molecule has 0 bridgehead atoms. The Labute approximate surface area is 768 Å². The highest BCUT2D eigenvalue weighted by molar-refractivity contribution is 7.92. The van der Waals surface area contributed by atoms with Gasteiger partial charge in [0.15, 0.2) is 31.2 Å². The predicted molar refractivity (Wildman–Crippen MR) is 517 cm³/mol. The van der Waals surface area contributed by atoms with Crippen molar-refractivity contribution in [1.82, 2.24) is 44.9 Å². The van der Waals surface area contributed by atoms with Gasteiger partial charge in [0.05, 0.1) is 77.2 Å². The maximum atomic E-state index is 12.6. The molecule has 10 aromatic rings. The fraction of sp³-hybridized carbons (Fsp3) is 0.330. The SMILES string of the molecule is CC(C)CC(=O)c1ccc(Nc2cc(Cl)nc3c2C=CC3)cc1.CC(C)CC(=O)c1ccc(Nc2nc(Cl)nc3c2C=CC3)cc1.CC(C)S(=O)(=O)c1ccccc1Nc1cc(Cl)nc2c1C=CC2.CC(C)S(=O)(=O)c1ccccc1Nc1nc(Cl)nc2c1C=CC2.Clc1cc(NC2CCCCC2)c2c(n1)CC=C2.Clc1nc2c(c(NC3CCCCC3)n1)C=CC2. The summed E-state index contributed by atoms with van der Waals surface area (Å²) in [7, 11) is -6.79. The molecule has 6 aromatic heterocycles. The third-order valence-corrected chi connectivity index (χ3v) is 27.6. The van der Waals surface area contributed by atoms with Gasteiger partial charge in [-0.2, -0.15) is 9.97 Å². The first kappa shape index (κ1) is 93.4. The van der Waals surface area contributed by atoms with Crippen LogP contribution in [0, 0.1) is 11.8 Å². The molecule has 0 unspecified atom stereocenters. The molecular formula is C97H103Cl6N15O6S2. The van der Waals surface area contributed by atoms with E-state index in [0.29, 0.717) is 91.8 Å². The lowest BCUT2D eigenvalue weighted by atomic mass is 9.95. The van der Waals surface area contributed by atoms with Crippen molar-refractivity contribution in [1.29, 1.82) is 0 Å². The minimum atomic E-state index is -3.41. The summed E-state index contributed by atoms with van der Waals surface area (Å²) in [5.74, 6) is 3.20. The number of halogens is 6. The highest BCUT2D eigenvalue weighted by Crippen LogP contribution is 2.39. The lowest BCUT2D eigenvalue weighted by Gasteiger charge is -2.25. The van der Waals surface area contributed by atoms with Crippen LogP contribution in [0.1, 0.15) is 221 Å². The number of para-hydroxylation sites is 2. The largest absolute Gasteiger partial charge is 0.382 e. The minimum Gasteiger partial charge on any atom is -0.382 e. The Hall–Kier alpha value is -10.2. The average Bonchev–Trinajstić information content (AvgIpc) is 1.75. The van der Waals surface area contributed by atoms with Crippen LogP contribution in [0.25, 0.3) is 36.5 Å². The third-order valence-electron chi connectivity index (χ3n) is 22.1. The Morgan fingerprint density at radius 1 is 0.341 bits per heavy atom. The normalized spacial score (nSPS) is 14.7. The fourth-order valence-electron chi connectivity index (χ4n) is 15.6. The highest BCUT2D eigenvalue weighted by atomic mass is 35.5. The molecule has 0 spiro atoms. The number of anilines is 10. The number of rotatable bonds is 22. The molecule has 0 saturated heterocycles. The molecule has 0 atom stereocenters. The number of ketones is 2. The number of nitrogens with one attached hydrogen (secondary N) is 6. The van der Waals surface area contributed by atoms with Gasteiger partial charge in [0.25, 0.3) is 0 Å². The standard InChI is InChI=1S/C19H19ClN2O.C18H18ClN3O.C17H17ClN2O2S.C16H16ClN3O2S.C14H17ClN2.C13H16ClN3/c1-12(2)10-18(23)13-6-8-14(9-7-13)21-17-11-19(20)22-16-5-3-4-15(16)17;1-11(2)10-16(23)12-6-8-13(9-7-12)20-17-14-4-3-5-15(14)21-18(19)22-17;1-11(2)23(21,22)16-9-4-3-7-14(16)19-15-10-17(18)20-13-8-5-6-12(13)15;1-10(2)23(21,22)14-9-4-3-7-13(14)18-15-11-6-5-8-12(11)19-16(17)20-15;15-14-9-13(11-7-4-8-12(11)17-14)16-10-5-2-1-3-6-10;14-13-16-11-8-4-7-10(11)12(17-13)15-9-5-2-1-3-6-9/h3-4,6-9,11-12H,5,10H2,1-2H3,(H,21,22);3-4,6-9,11H,5,10H2,1-2H3,(H,20,21,22);3-7,9-11H,8H2,1-2H3,(H,19,20);3-7,9-10H,8H2,1-2H3,(H,18,19,20);4,7,9-10H,1-3,5-6,8H2,(H,16,17);4,7,9H,1-3,5-6,8H2,(H,15,16,17). The van der Waals surface area contributed by atoms with E-state index in [4.69, 9.17) is 69.6 Å². The lowest BCUT2D eigenvalue weighted by Crippen LogP contribution is -2.23. The quantitative estimate of drug-likeness (QED) is 0.0209. The first-order chi connectivity index (χ1) is 60.5. The molecule has 0 amide bonds. The molecule has 29 heteroatoms. The van der Waals surface area contributed by atoms with Crippen LogP contribution in [0.2, 0.25) is 31.3 Å². The van der Waals surface area contributed by atoms with Crippen LogP contribution in [0.5, 0.6) is 0 Å². The molecule has 126 heavy (non-hydrogen) atoms. The zero-order valence-corrected chi connectivity index (χ0v) is 77.8. The average molecular weight is 1850 g/mol. The van der Waals surface area contributed by atoms with Crippen molar-refractivity contribution in [3.8, 4) is 0 Å². The van der Waals surface area contributed by atoms with Crippen LogP contribution in [-0.4, -0.2) is 95.8 Å². The topological polar surface area (TPSA) is 291 Å². The second-order valence-corrected chi connectivity index (χ2v) is 40.3. The number of nitrogens with zero attached hydrogens (tertiary/aromatic N) is 9. The van der Waals surface area contributed by atoms with Crippen molar-refractivity contribution in [3.63, 3.8) is 0 Å². The number of benzene rings is 4. The summed E-state index contributed by atoms with van der Waals surface area (Å²) in [4.78, 5) is 63.1. The second kappa shape index (κ2) is 43.1. The molecule has 6 heterocycles. The van der Waals surface area contributed by atoms with Crippen molar-refractivity contribution in [2.75, 3.05) is 31.9 Å². The highest BCUT2D eigenvalue weighted by Gasteiger charge is 2.28. The van der Waals surface area contributed by atoms with Gasteiger partial charge in [-0.15, -0.1) is 0 Å². The molecule has 21 nitrogen and oxygen atoms in total. The molecule has 8 aliphatic rings. The molecule has 0 radical (unpaired) electrons. The van der Waals surface area contributed by atoms with Gasteiger partial charge in [-0.1, -0.05) is 198 Å². The summed E-state index contributed by atoms with van der Waals surface area (Å²) in [5, 5.41) is 21.3.